The second kappa shape index (κ2) is 7.65. The van der Waals surface area contributed by atoms with Gasteiger partial charge in [-0.15, -0.1) is 0 Å². The van der Waals surface area contributed by atoms with Crippen molar-refractivity contribution in [2.45, 2.75) is 59.1 Å². The lowest BCUT2D eigenvalue weighted by Gasteiger charge is -2.24. The SMILES string of the molecule is CCCNC(C)c1cc(C)ccc1OCC(C)(O)CC. The van der Waals surface area contributed by atoms with E-state index >= 15 is 0 Å². The molecule has 0 saturated heterocycles. The maximum absolute atomic E-state index is 10.1. The summed E-state index contributed by atoms with van der Waals surface area (Å²) in [5, 5.41) is 13.6. The average molecular weight is 279 g/mol. The number of hydrogen-bond donors (Lipinski definition) is 2. The fourth-order valence-corrected chi connectivity index (χ4v) is 1.94. The Labute approximate surface area is 123 Å². The molecule has 0 fully saturated rings. The molecule has 0 spiro atoms. The highest BCUT2D eigenvalue weighted by Crippen LogP contribution is 2.27. The highest BCUT2D eigenvalue weighted by atomic mass is 16.5. The number of aryl methyl sites for hydroxylation is 1. The van der Waals surface area contributed by atoms with Crippen molar-refractivity contribution in [1.29, 1.82) is 0 Å². The minimum Gasteiger partial charge on any atom is -0.490 e. The van der Waals surface area contributed by atoms with Crippen LogP contribution in [0, 0.1) is 6.92 Å². The third-order valence-electron chi connectivity index (χ3n) is 3.63. The molecule has 2 unspecified atom stereocenters. The van der Waals surface area contributed by atoms with Crippen LogP contribution in [0.1, 0.15) is 57.7 Å². The third kappa shape index (κ3) is 5.14. The van der Waals surface area contributed by atoms with Crippen LogP contribution in [0.4, 0.5) is 0 Å². The van der Waals surface area contributed by atoms with E-state index in [9.17, 15) is 5.11 Å². The van der Waals surface area contributed by atoms with Gasteiger partial charge in [-0.2, -0.15) is 0 Å². The largest absolute Gasteiger partial charge is 0.490 e. The van der Waals surface area contributed by atoms with Crippen LogP contribution in [0.25, 0.3) is 0 Å². The first-order valence-corrected chi connectivity index (χ1v) is 7.58. The van der Waals surface area contributed by atoms with Crippen molar-refractivity contribution in [3.8, 4) is 5.75 Å². The third-order valence-corrected chi connectivity index (χ3v) is 3.63. The van der Waals surface area contributed by atoms with Crippen LogP contribution >= 0.6 is 0 Å². The molecular formula is C17H29NO2. The second-order valence-electron chi connectivity index (χ2n) is 5.86. The van der Waals surface area contributed by atoms with Crippen molar-refractivity contribution in [3.63, 3.8) is 0 Å². The van der Waals surface area contributed by atoms with Crippen molar-refractivity contribution in [2.24, 2.45) is 0 Å². The summed E-state index contributed by atoms with van der Waals surface area (Å²) < 4.78 is 5.86. The van der Waals surface area contributed by atoms with Gasteiger partial charge in [-0.05, 0) is 46.2 Å². The molecule has 20 heavy (non-hydrogen) atoms. The molecule has 3 heteroatoms. The van der Waals surface area contributed by atoms with Crippen molar-refractivity contribution < 1.29 is 9.84 Å². The van der Waals surface area contributed by atoms with E-state index < -0.39 is 5.60 Å². The molecule has 0 amide bonds. The summed E-state index contributed by atoms with van der Waals surface area (Å²) in [6.07, 6.45) is 1.79. The summed E-state index contributed by atoms with van der Waals surface area (Å²) >= 11 is 0. The van der Waals surface area contributed by atoms with Crippen LogP contribution < -0.4 is 10.1 Å². The molecule has 1 rings (SSSR count). The Hall–Kier alpha value is -1.06. The zero-order valence-electron chi connectivity index (χ0n) is 13.5. The molecule has 1 aromatic rings. The summed E-state index contributed by atoms with van der Waals surface area (Å²) in [6.45, 7) is 11.5. The Morgan fingerprint density at radius 2 is 2.05 bits per heavy atom. The molecule has 0 bridgehead atoms. The van der Waals surface area contributed by atoms with E-state index in [-0.39, 0.29) is 6.04 Å². The van der Waals surface area contributed by atoms with Gasteiger partial charge in [0.05, 0.1) is 5.60 Å². The fourth-order valence-electron chi connectivity index (χ4n) is 1.94. The Morgan fingerprint density at radius 3 is 2.65 bits per heavy atom. The zero-order valence-corrected chi connectivity index (χ0v) is 13.5. The Balaban J connectivity index is 2.84. The molecule has 0 saturated carbocycles. The smallest absolute Gasteiger partial charge is 0.124 e. The van der Waals surface area contributed by atoms with Gasteiger partial charge in [-0.25, -0.2) is 0 Å². The first-order valence-electron chi connectivity index (χ1n) is 7.58. The Morgan fingerprint density at radius 1 is 1.35 bits per heavy atom. The molecule has 0 aliphatic carbocycles. The summed E-state index contributed by atoms with van der Waals surface area (Å²) in [5.74, 6) is 0.862. The minimum atomic E-state index is -0.776. The molecule has 0 aliphatic rings. The first kappa shape index (κ1) is 17.0. The quantitative estimate of drug-likeness (QED) is 0.764. The molecule has 0 heterocycles. The molecule has 0 aliphatic heterocycles. The van der Waals surface area contributed by atoms with Gasteiger partial charge in [0.15, 0.2) is 0 Å². The van der Waals surface area contributed by atoms with E-state index in [1.54, 1.807) is 6.92 Å². The summed E-state index contributed by atoms with van der Waals surface area (Å²) in [4.78, 5) is 0. The standard InChI is InChI=1S/C17H29NO2/c1-6-10-18-14(4)15-11-13(3)8-9-16(15)20-12-17(5,19)7-2/h8-9,11,14,18-19H,6-7,10,12H2,1-5H3. The number of hydrogen-bond acceptors (Lipinski definition) is 3. The summed E-state index contributed by atoms with van der Waals surface area (Å²) in [6, 6.07) is 6.45. The number of aliphatic hydroxyl groups is 1. The van der Waals surface area contributed by atoms with Crippen molar-refractivity contribution >= 4 is 0 Å². The van der Waals surface area contributed by atoms with Gasteiger partial charge in [0, 0.05) is 11.6 Å². The number of rotatable bonds is 8. The van der Waals surface area contributed by atoms with Gasteiger partial charge >= 0.3 is 0 Å². The van der Waals surface area contributed by atoms with E-state index in [0.717, 1.165) is 24.3 Å². The lowest BCUT2D eigenvalue weighted by Crippen LogP contribution is -2.31. The Kier molecular flexibility index (Phi) is 6.50. The van der Waals surface area contributed by atoms with Crippen LogP contribution in [0.2, 0.25) is 0 Å². The monoisotopic (exact) mass is 279 g/mol. The molecule has 0 radical (unpaired) electrons. The van der Waals surface area contributed by atoms with Crippen LogP contribution in [-0.2, 0) is 0 Å². The van der Waals surface area contributed by atoms with Crippen LogP contribution in [-0.4, -0.2) is 23.9 Å². The highest BCUT2D eigenvalue weighted by molar-refractivity contribution is 5.39. The molecule has 0 aromatic heterocycles. The topological polar surface area (TPSA) is 41.5 Å². The van der Waals surface area contributed by atoms with Crippen LogP contribution in [0.5, 0.6) is 5.75 Å². The van der Waals surface area contributed by atoms with Gasteiger partial charge in [0.2, 0.25) is 0 Å². The van der Waals surface area contributed by atoms with Gasteiger partial charge in [0.25, 0.3) is 0 Å². The number of nitrogens with one attached hydrogen (secondary N) is 1. The highest BCUT2D eigenvalue weighted by Gasteiger charge is 2.20. The fraction of sp³-hybridized carbons (Fsp3) is 0.647. The van der Waals surface area contributed by atoms with Crippen LogP contribution in [0.3, 0.4) is 0 Å². The average Bonchev–Trinajstić information content (AvgIpc) is 2.43. The van der Waals surface area contributed by atoms with E-state index in [1.807, 2.05) is 19.1 Å². The maximum Gasteiger partial charge on any atom is 0.124 e. The van der Waals surface area contributed by atoms with Gasteiger partial charge in [-0.3, -0.25) is 0 Å². The number of ether oxygens (including phenoxy) is 1. The molecular weight excluding hydrogens is 250 g/mol. The number of benzene rings is 1. The first-order chi connectivity index (χ1) is 9.39. The lowest BCUT2D eigenvalue weighted by atomic mass is 10.0. The zero-order chi connectivity index (χ0) is 15.2. The van der Waals surface area contributed by atoms with Gasteiger partial charge in [-0.1, -0.05) is 31.5 Å². The van der Waals surface area contributed by atoms with Crippen molar-refractivity contribution in [2.75, 3.05) is 13.2 Å². The summed E-state index contributed by atoms with van der Waals surface area (Å²) in [5.41, 5.74) is 1.60. The Bertz CT molecular complexity index is 415. The van der Waals surface area contributed by atoms with E-state index in [0.29, 0.717) is 13.0 Å². The molecule has 1 aromatic carbocycles. The van der Waals surface area contributed by atoms with Gasteiger partial charge in [0.1, 0.15) is 12.4 Å². The predicted molar refractivity (Wildman–Crippen MR) is 84.3 cm³/mol. The van der Waals surface area contributed by atoms with E-state index in [1.165, 1.54) is 5.56 Å². The molecule has 3 nitrogen and oxygen atoms in total. The normalized spacial score (nSPS) is 15.7. The summed E-state index contributed by atoms with van der Waals surface area (Å²) in [7, 11) is 0. The molecule has 114 valence electrons. The van der Waals surface area contributed by atoms with E-state index in [4.69, 9.17) is 4.74 Å². The molecule has 2 atom stereocenters. The van der Waals surface area contributed by atoms with E-state index in [2.05, 4.69) is 32.2 Å². The maximum atomic E-state index is 10.1. The minimum absolute atomic E-state index is 0.247. The van der Waals surface area contributed by atoms with Crippen LogP contribution in [0.15, 0.2) is 18.2 Å². The van der Waals surface area contributed by atoms with Crippen molar-refractivity contribution in [3.05, 3.63) is 29.3 Å². The lowest BCUT2D eigenvalue weighted by molar-refractivity contribution is 0.00805. The predicted octanol–water partition coefficient (Wildman–Crippen LogP) is 3.60. The molecule has 2 N–H and O–H groups in total. The second-order valence-corrected chi connectivity index (χ2v) is 5.86. The van der Waals surface area contributed by atoms with Gasteiger partial charge < -0.3 is 15.2 Å². The van der Waals surface area contributed by atoms with Crippen molar-refractivity contribution in [1.82, 2.24) is 5.32 Å².